The number of aliphatic hydroxyl groups is 1. The van der Waals surface area contributed by atoms with Gasteiger partial charge in [0, 0.05) is 13.1 Å². The van der Waals surface area contributed by atoms with Crippen LogP contribution in [-0.4, -0.2) is 55.2 Å². The van der Waals surface area contributed by atoms with Crippen LogP contribution in [0.15, 0.2) is 30.3 Å². The molecule has 3 nitrogen and oxygen atoms in total. The maximum atomic E-state index is 10.2. The molecule has 0 amide bonds. The molecule has 1 aliphatic rings. The third-order valence-corrected chi connectivity index (χ3v) is 4.08. The van der Waals surface area contributed by atoms with Gasteiger partial charge in [0.15, 0.2) is 0 Å². The number of hydrogen-bond acceptors (Lipinski definition) is 3. The molecule has 1 aromatic rings. The SMILES string of the molecule is CN1CCC(CN(C)CC(O)c2ccccc2)CC1. The van der Waals surface area contributed by atoms with Gasteiger partial charge in [-0.2, -0.15) is 0 Å². The zero-order chi connectivity index (χ0) is 13.7. The van der Waals surface area contributed by atoms with E-state index in [9.17, 15) is 5.11 Å². The summed E-state index contributed by atoms with van der Waals surface area (Å²) in [5, 5.41) is 10.2. The smallest absolute Gasteiger partial charge is 0.0916 e. The summed E-state index contributed by atoms with van der Waals surface area (Å²) in [7, 11) is 4.31. The molecule has 1 atom stereocenters. The van der Waals surface area contributed by atoms with Crippen molar-refractivity contribution < 1.29 is 5.11 Å². The highest BCUT2D eigenvalue weighted by molar-refractivity contribution is 5.17. The Balaban J connectivity index is 1.76. The Morgan fingerprint density at radius 2 is 1.89 bits per heavy atom. The van der Waals surface area contributed by atoms with Crippen LogP contribution in [0.4, 0.5) is 0 Å². The fourth-order valence-electron chi connectivity index (χ4n) is 2.84. The minimum atomic E-state index is -0.377. The predicted molar refractivity (Wildman–Crippen MR) is 79.1 cm³/mol. The van der Waals surface area contributed by atoms with Gasteiger partial charge in [0.05, 0.1) is 6.10 Å². The average Bonchev–Trinajstić information content (AvgIpc) is 2.42. The summed E-state index contributed by atoms with van der Waals surface area (Å²) in [5.74, 6) is 0.782. The molecule has 0 aliphatic carbocycles. The van der Waals surface area contributed by atoms with E-state index in [0.29, 0.717) is 0 Å². The highest BCUT2D eigenvalue weighted by Gasteiger charge is 2.19. The molecule has 0 bridgehead atoms. The van der Waals surface area contributed by atoms with Crippen molar-refractivity contribution in [3.8, 4) is 0 Å². The number of likely N-dealkylation sites (N-methyl/N-ethyl adjacent to an activating group) is 1. The summed E-state index contributed by atoms with van der Waals surface area (Å²) in [6.07, 6.45) is 2.18. The molecule has 0 spiro atoms. The highest BCUT2D eigenvalue weighted by atomic mass is 16.3. The Kier molecular flexibility index (Phi) is 5.37. The van der Waals surface area contributed by atoms with Gasteiger partial charge in [0.25, 0.3) is 0 Å². The summed E-state index contributed by atoms with van der Waals surface area (Å²) in [5.41, 5.74) is 1.01. The lowest BCUT2D eigenvalue weighted by molar-refractivity contribution is 0.106. The molecular weight excluding hydrogens is 236 g/mol. The lowest BCUT2D eigenvalue weighted by atomic mass is 9.96. The van der Waals surface area contributed by atoms with Gasteiger partial charge < -0.3 is 14.9 Å². The molecule has 0 aromatic heterocycles. The number of hydrogen-bond donors (Lipinski definition) is 1. The topological polar surface area (TPSA) is 26.7 Å². The van der Waals surface area contributed by atoms with E-state index >= 15 is 0 Å². The van der Waals surface area contributed by atoms with Crippen molar-refractivity contribution in [2.24, 2.45) is 5.92 Å². The number of rotatable bonds is 5. The van der Waals surface area contributed by atoms with Crippen molar-refractivity contribution in [2.75, 3.05) is 40.3 Å². The van der Waals surface area contributed by atoms with Gasteiger partial charge in [-0.25, -0.2) is 0 Å². The van der Waals surface area contributed by atoms with Crippen molar-refractivity contribution in [2.45, 2.75) is 18.9 Å². The fourth-order valence-corrected chi connectivity index (χ4v) is 2.84. The van der Waals surface area contributed by atoms with Crippen LogP contribution in [0.2, 0.25) is 0 Å². The van der Waals surface area contributed by atoms with Crippen molar-refractivity contribution in [3.63, 3.8) is 0 Å². The van der Waals surface area contributed by atoms with E-state index in [-0.39, 0.29) is 6.10 Å². The zero-order valence-corrected chi connectivity index (χ0v) is 12.1. The normalized spacial score (nSPS) is 19.8. The predicted octanol–water partition coefficient (Wildman–Crippen LogP) is 1.99. The average molecular weight is 262 g/mol. The minimum Gasteiger partial charge on any atom is -0.387 e. The molecule has 0 radical (unpaired) electrons. The van der Waals surface area contributed by atoms with Gasteiger partial charge in [-0.1, -0.05) is 30.3 Å². The van der Waals surface area contributed by atoms with Crippen LogP contribution in [0.3, 0.4) is 0 Å². The molecule has 1 aromatic carbocycles. The monoisotopic (exact) mass is 262 g/mol. The van der Waals surface area contributed by atoms with E-state index in [0.717, 1.165) is 24.6 Å². The standard InChI is InChI=1S/C16H26N2O/c1-17-10-8-14(9-11-17)12-18(2)13-16(19)15-6-4-3-5-7-15/h3-7,14,16,19H,8-13H2,1-2H3. The Bertz CT molecular complexity index is 360. The van der Waals surface area contributed by atoms with Gasteiger partial charge in [-0.05, 0) is 51.5 Å². The first-order valence-corrected chi connectivity index (χ1v) is 7.25. The highest BCUT2D eigenvalue weighted by Crippen LogP contribution is 2.19. The summed E-state index contributed by atoms with van der Waals surface area (Å²) in [6, 6.07) is 9.94. The van der Waals surface area contributed by atoms with Crippen LogP contribution in [-0.2, 0) is 0 Å². The molecule has 2 rings (SSSR count). The first-order valence-electron chi connectivity index (χ1n) is 7.25. The minimum absolute atomic E-state index is 0.377. The summed E-state index contributed by atoms with van der Waals surface area (Å²) >= 11 is 0. The Morgan fingerprint density at radius 1 is 1.26 bits per heavy atom. The van der Waals surface area contributed by atoms with Crippen molar-refractivity contribution >= 4 is 0 Å². The van der Waals surface area contributed by atoms with Crippen molar-refractivity contribution in [1.29, 1.82) is 0 Å². The van der Waals surface area contributed by atoms with Crippen molar-refractivity contribution in [1.82, 2.24) is 9.80 Å². The first-order chi connectivity index (χ1) is 9.15. The van der Waals surface area contributed by atoms with Gasteiger partial charge in [-0.15, -0.1) is 0 Å². The third kappa shape index (κ3) is 4.60. The molecule has 0 saturated carbocycles. The van der Waals surface area contributed by atoms with E-state index in [1.54, 1.807) is 0 Å². The number of aliphatic hydroxyl groups excluding tert-OH is 1. The van der Waals surface area contributed by atoms with Crippen LogP contribution in [0.1, 0.15) is 24.5 Å². The van der Waals surface area contributed by atoms with Gasteiger partial charge in [0.2, 0.25) is 0 Å². The second kappa shape index (κ2) is 7.04. The molecule has 1 fully saturated rings. The fraction of sp³-hybridized carbons (Fsp3) is 0.625. The Hall–Kier alpha value is -0.900. The van der Waals surface area contributed by atoms with Gasteiger partial charge >= 0.3 is 0 Å². The van der Waals surface area contributed by atoms with Crippen LogP contribution >= 0.6 is 0 Å². The van der Waals surface area contributed by atoms with Crippen LogP contribution in [0.5, 0.6) is 0 Å². The molecule has 1 heterocycles. The third-order valence-electron chi connectivity index (χ3n) is 4.08. The summed E-state index contributed by atoms with van der Waals surface area (Å²) in [4.78, 5) is 4.67. The zero-order valence-electron chi connectivity index (χ0n) is 12.1. The van der Waals surface area contributed by atoms with Gasteiger partial charge in [-0.3, -0.25) is 0 Å². The largest absolute Gasteiger partial charge is 0.387 e. The second-order valence-corrected chi connectivity index (χ2v) is 5.89. The molecule has 19 heavy (non-hydrogen) atoms. The number of piperidine rings is 1. The summed E-state index contributed by atoms with van der Waals surface area (Å²) < 4.78 is 0. The van der Waals surface area contributed by atoms with Crippen LogP contribution in [0.25, 0.3) is 0 Å². The Morgan fingerprint density at radius 3 is 2.53 bits per heavy atom. The van der Waals surface area contributed by atoms with E-state index in [2.05, 4.69) is 23.9 Å². The van der Waals surface area contributed by atoms with E-state index in [1.807, 2.05) is 30.3 Å². The van der Waals surface area contributed by atoms with E-state index in [4.69, 9.17) is 0 Å². The van der Waals surface area contributed by atoms with E-state index < -0.39 is 0 Å². The number of nitrogens with zero attached hydrogens (tertiary/aromatic N) is 2. The lowest BCUT2D eigenvalue weighted by Gasteiger charge is -2.32. The summed E-state index contributed by atoms with van der Waals surface area (Å²) in [6.45, 7) is 4.23. The number of likely N-dealkylation sites (tertiary alicyclic amines) is 1. The van der Waals surface area contributed by atoms with Crippen LogP contribution < -0.4 is 0 Å². The maximum absolute atomic E-state index is 10.2. The molecule has 1 N–H and O–H groups in total. The van der Waals surface area contributed by atoms with Crippen LogP contribution in [0, 0.1) is 5.92 Å². The quantitative estimate of drug-likeness (QED) is 0.879. The molecule has 3 heteroatoms. The molecule has 1 aliphatic heterocycles. The van der Waals surface area contributed by atoms with Gasteiger partial charge in [0.1, 0.15) is 0 Å². The van der Waals surface area contributed by atoms with E-state index in [1.165, 1.54) is 25.9 Å². The molecular formula is C16H26N2O. The Labute approximate surface area is 116 Å². The second-order valence-electron chi connectivity index (χ2n) is 5.89. The maximum Gasteiger partial charge on any atom is 0.0916 e. The molecule has 106 valence electrons. The first kappa shape index (κ1) is 14.5. The lowest BCUT2D eigenvalue weighted by Crippen LogP contribution is -2.36. The van der Waals surface area contributed by atoms with Crippen molar-refractivity contribution in [3.05, 3.63) is 35.9 Å². The molecule has 1 unspecified atom stereocenters. The number of benzene rings is 1. The molecule has 1 saturated heterocycles.